The molecule has 0 saturated heterocycles. The minimum atomic E-state index is -1.77. The van der Waals surface area contributed by atoms with Crippen molar-refractivity contribution in [3.8, 4) is 0 Å². The molecule has 0 rings (SSSR count). The van der Waals surface area contributed by atoms with Gasteiger partial charge in [0.05, 0.1) is 6.61 Å². The van der Waals surface area contributed by atoms with E-state index < -0.39 is 3.79 Å². The van der Waals surface area contributed by atoms with Crippen molar-refractivity contribution in [3.05, 3.63) is 0 Å². The van der Waals surface area contributed by atoms with Crippen LogP contribution >= 0.6 is 34.8 Å². The SMILES string of the molecule is COCCOC(=N)C(Cl)(Cl)Cl. The molecule has 0 aliphatic heterocycles. The molecule has 0 aromatic rings. The third-order valence-corrected chi connectivity index (χ3v) is 1.31. The summed E-state index contributed by atoms with van der Waals surface area (Å²) in [5.74, 6) is -0.389. The van der Waals surface area contributed by atoms with Gasteiger partial charge in [0, 0.05) is 7.11 Å². The van der Waals surface area contributed by atoms with Crippen LogP contribution < -0.4 is 0 Å². The lowest BCUT2D eigenvalue weighted by Crippen LogP contribution is -2.22. The highest BCUT2D eigenvalue weighted by atomic mass is 35.6. The Morgan fingerprint density at radius 1 is 1.36 bits per heavy atom. The molecular weight excluding hydrogens is 212 g/mol. The fourth-order valence-corrected chi connectivity index (χ4v) is 0.473. The molecule has 0 aliphatic carbocycles. The molecule has 11 heavy (non-hydrogen) atoms. The van der Waals surface area contributed by atoms with E-state index in [4.69, 9.17) is 44.9 Å². The fraction of sp³-hybridized carbons (Fsp3) is 0.800. The van der Waals surface area contributed by atoms with Crippen LogP contribution in [-0.4, -0.2) is 30.0 Å². The summed E-state index contributed by atoms with van der Waals surface area (Å²) >= 11 is 15.9. The predicted molar refractivity (Wildman–Crippen MR) is 45.8 cm³/mol. The molecule has 0 aliphatic rings. The maximum Gasteiger partial charge on any atom is 0.265 e. The zero-order chi connectivity index (χ0) is 8.91. The smallest absolute Gasteiger partial charge is 0.265 e. The molecule has 0 aromatic heterocycles. The van der Waals surface area contributed by atoms with Crippen LogP contribution in [0.3, 0.4) is 0 Å². The van der Waals surface area contributed by atoms with Gasteiger partial charge in [0.1, 0.15) is 6.61 Å². The Morgan fingerprint density at radius 3 is 2.27 bits per heavy atom. The normalized spacial score (nSPS) is 11.3. The number of hydrogen-bond donors (Lipinski definition) is 1. The molecule has 0 radical (unpaired) electrons. The number of methoxy groups -OCH3 is 1. The lowest BCUT2D eigenvalue weighted by atomic mass is 10.7. The molecule has 1 N–H and O–H groups in total. The van der Waals surface area contributed by atoms with Crippen LogP contribution in [-0.2, 0) is 9.47 Å². The Labute approximate surface area is 80.0 Å². The van der Waals surface area contributed by atoms with Crippen molar-refractivity contribution in [2.24, 2.45) is 0 Å². The molecule has 6 heteroatoms. The average molecular weight is 220 g/mol. The molecule has 0 heterocycles. The van der Waals surface area contributed by atoms with Crippen LogP contribution in [0.25, 0.3) is 0 Å². The largest absolute Gasteiger partial charge is 0.476 e. The summed E-state index contributed by atoms with van der Waals surface area (Å²) in [7, 11) is 1.52. The number of hydrogen-bond acceptors (Lipinski definition) is 3. The summed E-state index contributed by atoms with van der Waals surface area (Å²) in [6.45, 7) is 0.576. The van der Waals surface area contributed by atoms with Crippen molar-refractivity contribution >= 4 is 40.7 Å². The zero-order valence-electron chi connectivity index (χ0n) is 5.86. The lowest BCUT2D eigenvalue weighted by molar-refractivity contribution is 0.139. The van der Waals surface area contributed by atoms with Crippen molar-refractivity contribution in [2.75, 3.05) is 20.3 Å². The summed E-state index contributed by atoms with van der Waals surface area (Å²) in [5.41, 5.74) is 0. The van der Waals surface area contributed by atoms with Gasteiger partial charge in [-0.2, -0.15) is 0 Å². The zero-order valence-corrected chi connectivity index (χ0v) is 8.13. The average Bonchev–Trinajstić information content (AvgIpc) is 1.86. The number of nitrogens with one attached hydrogen (secondary N) is 1. The first-order valence-corrected chi connectivity index (χ1v) is 3.89. The van der Waals surface area contributed by atoms with Gasteiger partial charge in [-0.25, -0.2) is 0 Å². The summed E-state index contributed by atoms with van der Waals surface area (Å²) in [5, 5.41) is 7.04. The minimum absolute atomic E-state index is 0.212. The molecule has 0 saturated carbocycles. The summed E-state index contributed by atoms with van der Waals surface area (Å²) < 4.78 is 7.59. The lowest BCUT2D eigenvalue weighted by Gasteiger charge is -2.12. The van der Waals surface area contributed by atoms with Crippen LogP contribution in [0.4, 0.5) is 0 Å². The van der Waals surface area contributed by atoms with Gasteiger partial charge >= 0.3 is 0 Å². The molecule has 0 unspecified atom stereocenters. The fourth-order valence-electron chi connectivity index (χ4n) is 0.309. The molecule has 3 nitrogen and oxygen atoms in total. The number of ether oxygens (including phenoxy) is 2. The van der Waals surface area contributed by atoms with Gasteiger partial charge in [-0.05, 0) is 0 Å². The van der Waals surface area contributed by atoms with Crippen molar-refractivity contribution in [2.45, 2.75) is 3.79 Å². The quantitative estimate of drug-likeness (QED) is 0.342. The first kappa shape index (κ1) is 11.3. The Balaban J connectivity index is 3.54. The summed E-state index contributed by atoms with van der Waals surface area (Å²) in [6.07, 6.45) is 0. The number of halogens is 3. The second-order valence-corrected chi connectivity index (χ2v) is 3.95. The third kappa shape index (κ3) is 5.56. The molecule has 0 fully saturated rings. The third-order valence-electron chi connectivity index (χ3n) is 0.791. The molecular formula is C5H8Cl3NO2. The second kappa shape index (κ2) is 5.04. The first-order chi connectivity index (χ1) is 4.98. The van der Waals surface area contributed by atoms with Gasteiger partial charge < -0.3 is 9.47 Å². The van der Waals surface area contributed by atoms with Crippen LogP contribution in [0.1, 0.15) is 0 Å². The Hall–Kier alpha value is 0.300. The van der Waals surface area contributed by atoms with Gasteiger partial charge in [0.15, 0.2) is 0 Å². The first-order valence-electron chi connectivity index (χ1n) is 2.76. The van der Waals surface area contributed by atoms with E-state index in [0.29, 0.717) is 6.61 Å². The van der Waals surface area contributed by atoms with E-state index >= 15 is 0 Å². The highest BCUT2D eigenvalue weighted by Crippen LogP contribution is 2.27. The molecule has 0 aromatic carbocycles. The second-order valence-electron chi connectivity index (χ2n) is 1.67. The molecule has 0 spiro atoms. The standard InChI is InChI=1S/C5H8Cl3NO2/c1-10-2-3-11-4(9)5(6,7)8/h9H,2-3H2,1H3. The highest BCUT2D eigenvalue weighted by Gasteiger charge is 2.28. The monoisotopic (exact) mass is 219 g/mol. The molecule has 0 amide bonds. The van der Waals surface area contributed by atoms with Crippen LogP contribution in [0.2, 0.25) is 0 Å². The van der Waals surface area contributed by atoms with E-state index in [-0.39, 0.29) is 12.5 Å². The van der Waals surface area contributed by atoms with Crippen molar-refractivity contribution in [1.29, 1.82) is 5.41 Å². The number of alkyl halides is 3. The van der Waals surface area contributed by atoms with E-state index in [9.17, 15) is 0 Å². The van der Waals surface area contributed by atoms with Crippen LogP contribution in [0.5, 0.6) is 0 Å². The Morgan fingerprint density at radius 2 is 1.91 bits per heavy atom. The van der Waals surface area contributed by atoms with Gasteiger partial charge in [-0.3, -0.25) is 5.41 Å². The van der Waals surface area contributed by atoms with Gasteiger partial charge in [0.25, 0.3) is 3.79 Å². The van der Waals surface area contributed by atoms with Crippen molar-refractivity contribution < 1.29 is 9.47 Å². The van der Waals surface area contributed by atoms with Crippen LogP contribution in [0, 0.1) is 5.41 Å². The van der Waals surface area contributed by atoms with E-state index in [0.717, 1.165) is 0 Å². The van der Waals surface area contributed by atoms with E-state index in [2.05, 4.69) is 4.74 Å². The predicted octanol–water partition coefficient (Wildman–Crippen LogP) is 2.00. The Kier molecular flexibility index (Phi) is 5.17. The Bertz CT molecular complexity index is 134. The molecule has 66 valence electrons. The van der Waals surface area contributed by atoms with E-state index in [1.165, 1.54) is 7.11 Å². The van der Waals surface area contributed by atoms with Gasteiger partial charge in [0.2, 0.25) is 5.90 Å². The molecule has 0 atom stereocenters. The summed E-state index contributed by atoms with van der Waals surface area (Å²) in [4.78, 5) is 0. The van der Waals surface area contributed by atoms with Crippen molar-refractivity contribution in [3.63, 3.8) is 0 Å². The van der Waals surface area contributed by atoms with Gasteiger partial charge in [-0.1, -0.05) is 34.8 Å². The summed E-state index contributed by atoms with van der Waals surface area (Å²) in [6, 6.07) is 0. The topological polar surface area (TPSA) is 42.3 Å². The minimum Gasteiger partial charge on any atom is -0.476 e. The molecule has 0 bridgehead atoms. The van der Waals surface area contributed by atoms with E-state index in [1.807, 2.05) is 0 Å². The maximum atomic E-state index is 7.04. The van der Waals surface area contributed by atoms with Crippen molar-refractivity contribution in [1.82, 2.24) is 0 Å². The highest BCUT2D eigenvalue weighted by molar-refractivity contribution is 6.75. The number of rotatable bonds is 3. The van der Waals surface area contributed by atoms with Crippen LogP contribution in [0.15, 0.2) is 0 Å². The maximum absolute atomic E-state index is 7.04. The van der Waals surface area contributed by atoms with Gasteiger partial charge in [-0.15, -0.1) is 0 Å². The van der Waals surface area contributed by atoms with E-state index in [1.54, 1.807) is 0 Å².